The van der Waals surface area contributed by atoms with E-state index in [2.05, 4.69) is 5.32 Å². The Morgan fingerprint density at radius 2 is 2.11 bits per heavy atom. The molecule has 0 unspecified atom stereocenters. The summed E-state index contributed by atoms with van der Waals surface area (Å²) in [4.78, 5) is 11.7. The van der Waals surface area contributed by atoms with Crippen molar-refractivity contribution < 1.29 is 23.4 Å². The van der Waals surface area contributed by atoms with E-state index in [1.807, 2.05) is 0 Å². The number of benzene rings is 1. The van der Waals surface area contributed by atoms with Crippen LogP contribution in [-0.4, -0.2) is 37.2 Å². The molecule has 6 heteroatoms. The van der Waals surface area contributed by atoms with Gasteiger partial charge in [-0.25, -0.2) is 8.78 Å². The molecule has 0 aliphatic rings. The quantitative estimate of drug-likeness (QED) is 0.806. The van der Waals surface area contributed by atoms with Crippen LogP contribution in [0.4, 0.5) is 8.78 Å². The molecule has 1 rings (SSSR count). The second kappa shape index (κ2) is 6.42. The highest BCUT2D eigenvalue weighted by Crippen LogP contribution is 2.12. The number of carbonyl (C=O) groups excluding carboxylic acids is 1. The van der Waals surface area contributed by atoms with Gasteiger partial charge >= 0.3 is 0 Å². The number of carbonyl (C=O) groups is 1. The van der Waals surface area contributed by atoms with Crippen LogP contribution in [0.2, 0.25) is 0 Å². The molecule has 18 heavy (non-hydrogen) atoms. The van der Waals surface area contributed by atoms with Gasteiger partial charge in [0.15, 0.2) is 0 Å². The lowest BCUT2D eigenvalue weighted by Gasteiger charge is -2.15. The second-order valence-electron chi connectivity index (χ2n) is 3.79. The van der Waals surface area contributed by atoms with Crippen LogP contribution in [0.25, 0.3) is 0 Å². The maximum Gasteiger partial charge on any atom is 0.287 e. The van der Waals surface area contributed by atoms with Crippen LogP contribution >= 0.6 is 0 Å². The molecule has 4 nitrogen and oxygen atoms in total. The maximum absolute atomic E-state index is 12.8. The number of alkyl halides is 2. The molecular weight excluding hydrogens is 244 g/mol. The molecule has 2 N–H and O–H groups in total. The molecule has 0 spiro atoms. The standard InChI is InChI=1S/C12H15F2NO3/c1-18-6-9-4-2-3-5-10(9)11(17)15-7-12(13,14)8-16/h2-5,16H,6-8H2,1H3,(H,15,17). The van der Waals surface area contributed by atoms with Crippen molar-refractivity contribution in [1.29, 1.82) is 0 Å². The molecule has 0 aromatic heterocycles. The number of hydrogen-bond donors (Lipinski definition) is 2. The van der Waals surface area contributed by atoms with Gasteiger partial charge in [-0.1, -0.05) is 18.2 Å². The predicted octanol–water partition coefficient (Wildman–Crippen LogP) is 1.19. The van der Waals surface area contributed by atoms with E-state index in [1.165, 1.54) is 13.2 Å². The number of aliphatic hydroxyl groups excluding tert-OH is 1. The zero-order chi connectivity index (χ0) is 13.6. The van der Waals surface area contributed by atoms with Crippen molar-refractivity contribution in [3.8, 4) is 0 Å². The molecule has 0 fully saturated rings. The second-order valence-corrected chi connectivity index (χ2v) is 3.79. The zero-order valence-corrected chi connectivity index (χ0v) is 9.95. The molecule has 0 bridgehead atoms. The fraction of sp³-hybridized carbons (Fsp3) is 0.417. The number of nitrogens with one attached hydrogen (secondary N) is 1. The fourth-order valence-corrected chi connectivity index (χ4v) is 1.38. The molecule has 0 heterocycles. The summed E-state index contributed by atoms with van der Waals surface area (Å²) in [5.41, 5.74) is 0.901. The maximum atomic E-state index is 12.8. The number of ether oxygens (including phenoxy) is 1. The van der Waals surface area contributed by atoms with Gasteiger partial charge in [-0.05, 0) is 11.6 Å². The summed E-state index contributed by atoms with van der Waals surface area (Å²) in [5, 5.41) is 10.5. The Morgan fingerprint density at radius 1 is 1.44 bits per heavy atom. The first-order chi connectivity index (χ1) is 8.50. The molecule has 1 aromatic rings. The number of methoxy groups -OCH3 is 1. The van der Waals surface area contributed by atoms with Crippen LogP contribution in [-0.2, 0) is 11.3 Å². The lowest BCUT2D eigenvalue weighted by Crippen LogP contribution is -2.39. The van der Waals surface area contributed by atoms with Crippen molar-refractivity contribution in [2.45, 2.75) is 12.5 Å². The summed E-state index contributed by atoms with van der Waals surface area (Å²) >= 11 is 0. The largest absolute Gasteiger partial charge is 0.390 e. The minimum absolute atomic E-state index is 0.222. The highest BCUT2D eigenvalue weighted by atomic mass is 19.3. The van der Waals surface area contributed by atoms with E-state index in [9.17, 15) is 13.6 Å². The summed E-state index contributed by atoms with van der Waals surface area (Å²) in [6, 6.07) is 6.58. The van der Waals surface area contributed by atoms with Gasteiger partial charge in [0.05, 0.1) is 13.2 Å². The van der Waals surface area contributed by atoms with Gasteiger partial charge in [0, 0.05) is 12.7 Å². The Labute approximate surface area is 104 Å². The zero-order valence-electron chi connectivity index (χ0n) is 9.95. The Kier molecular flexibility index (Phi) is 5.18. The van der Waals surface area contributed by atoms with Crippen molar-refractivity contribution in [3.05, 3.63) is 35.4 Å². The topological polar surface area (TPSA) is 58.6 Å². The Bertz CT molecular complexity index is 410. The highest BCUT2D eigenvalue weighted by molar-refractivity contribution is 5.95. The van der Waals surface area contributed by atoms with E-state index in [0.717, 1.165) is 0 Å². The third-order valence-electron chi connectivity index (χ3n) is 2.30. The van der Waals surface area contributed by atoms with Crippen LogP contribution in [0.5, 0.6) is 0 Å². The van der Waals surface area contributed by atoms with Crippen LogP contribution in [0, 0.1) is 0 Å². The van der Waals surface area contributed by atoms with Crippen molar-refractivity contribution in [3.63, 3.8) is 0 Å². The number of amides is 1. The molecule has 1 aromatic carbocycles. The van der Waals surface area contributed by atoms with E-state index < -0.39 is 25.0 Å². The van der Waals surface area contributed by atoms with Crippen molar-refractivity contribution in [1.82, 2.24) is 5.32 Å². The van der Waals surface area contributed by atoms with Gasteiger partial charge < -0.3 is 15.2 Å². The molecular formula is C12H15F2NO3. The van der Waals surface area contributed by atoms with Gasteiger partial charge in [-0.15, -0.1) is 0 Å². The number of hydrogen-bond acceptors (Lipinski definition) is 3. The first-order valence-electron chi connectivity index (χ1n) is 5.34. The summed E-state index contributed by atoms with van der Waals surface area (Å²) in [5.74, 6) is -3.93. The number of rotatable bonds is 6. The van der Waals surface area contributed by atoms with Crippen LogP contribution in [0.15, 0.2) is 24.3 Å². The first kappa shape index (κ1) is 14.5. The normalized spacial score (nSPS) is 11.3. The minimum Gasteiger partial charge on any atom is -0.390 e. The van der Waals surface area contributed by atoms with Crippen molar-refractivity contribution in [2.24, 2.45) is 0 Å². The van der Waals surface area contributed by atoms with Gasteiger partial charge in [0.2, 0.25) is 0 Å². The third-order valence-corrected chi connectivity index (χ3v) is 2.30. The molecule has 0 aliphatic heterocycles. The summed E-state index contributed by atoms with van der Waals surface area (Å²) in [7, 11) is 1.48. The molecule has 0 saturated carbocycles. The Hall–Kier alpha value is -1.53. The lowest BCUT2D eigenvalue weighted by atomic mass is 10.1. The Morgan fingerprint density at radius 3 is 2.72 bits per heavy atom. The van der Waals surface area contributed by atoms with Gasteiger partial charge in [-0.2, -0.15) is 0 Å². The fourth-order valence-electron chi connectivity index (χ4n) is 1.38. The number of aliphatic hydroxyl groups is 1. The molecule has 0 radical (unpaired) electrons. The predicted molar refractivity (Wildman–Crippen MR) is 61.5 cm³/mol. The first-order valence-corrected chi connectivity index (χ1v) is 5.34. The van der Waals surface area contributed by atoms with Gasteiger partial charge in [0.1, 0.15) is 6.61 Å². The van der Waals surface area contributed by atoms with Gasteiger partial charge in [-0.3, -0.25) is 4.79 Å². The average Bonchev–Trinajstić information content (AvgIpc) is 2.37. The molecule has 1 amide bonds. The molecule has 0 saturated heterocycles. The average molecular weight is 259 g/mol. The van der Waals surface area contributed by atoms with E-state index in [-0.39, 0.29) is 12.2 Å². The van der Waals surface area contributed by atoms with E-state index >= 15 is 0 Å². The minimum atomic E-state index is -3.31. The number of halogens is 2. The SMILES string of the molecule is COCc1ccccc1C(=O)NCC(F)(F)CO. The monoisotopic (exact) mass is 259 g/mol. The smallest absolute Gasteiger partial charge is 0.287 e. The molecule has 0 atom stereocenters. The van der Waals surface area contributed by atoms with E-state index in [1.54, 1.807) is 18.2 Å². The summed E-state index contributed by atoms with van der Waals surface area (Å²) in [6.45, 7) is -1.98. The van der Waals surface area contributed by atoms with Gasteiger partial charge in [0.25, 0.3) is 11.8 Å². The summed E-state index contributed by atoms with van der Waals surface area (Å²) < 4.78 is 30.5. The highest BCUT2D eigenvalue weighted by Gasteiger charge is 2.28. The van der Waals surface area contributed by atoms with E-state index in [0.29, 0.717) is 5.56 Å². The summed E-state index contributed by atoms with van der Waals surface area (Å²) in [6.07, 6.45) is 0. The van der Waals surface area contributed by atoms with Crippen molar-refractivity contribution in [2.75, 3.05) is 20.3 Å². The van der Waals surface area contributed by atoms with Crippen LogP contribution in [0.1, 0.15) is 15.9 Å². The van der Waals surface area contributed by atoms with Crippen molar-refractivity contribution >= 4 is 5.91 Å². The van der Waals surface area contributed by atoms with E-state index in [4.69, 9.17) is 9.84 Å². The third kappa shape index (κ3) is 4.05. The lowest BCUT2D eigenvalue weighted by molar-refractivity contribution is -0.0462. The Balaban J connectivity index is 2.72. The van der Waals surface area contributed by atoms with Crippen LogP contribution in [0.3, 0.4) is 0 Å². The molecule has 0 aliphatic carbocycles. The molecule has 100 valence electrons. The van der Waals surface area contributed by atoms with Crippen LogP contribution < -0.4 is 5.32 Å².